The van der Waals surface area contributed by atoms with Crippen molar-refractivity contribution in [1.29, 1.82) is 0 Å². The fourth-order valence-corrected chi connectivity index (χ4v) is 6.91. The number of ether oxygens (including phenoxy) is 3. The number of fused-ring (bicyclic) bond motifs is 1. The first-order chi connectivity index (χ1) is 23.0. The van der Waals surface area contributed by atoms with Gasteiger partial charge in [-0.2, -0.15) is 0 Å². The number of carboxylic acid groups (broad SMARTS) is 2. The maximum atomic E-state index is 13.5. The minimum Gasteiger partial charge on any atom is -0.504 e. The summed E-state index contributed by atoms with van der Waals surface area (Å²) in [6.45, 7) is 3.81. The van der Waals surface area contributed by atoms with Crippen molar-refractivity contribution in [3.63, 3.8) is 0 Å². The van der Waals surface area contributed by atoms with Crippen LogP contribution in [-0.4, -0.2) is 123 Å². The van der Waals surface area contributed by atoms with E-state index in [2.05, 4.69) is 10.6 Å². The number of hydrogen-bond acceptors (Lipinski definition) is 13. The second-order valence-electron chi connectivity index (χ2n) is 12.4. The van der Waals surface area contributed by atoms with Crippen LogP contribution in [0.5, 0.6) is 11.5 Å². The number of hydrogen-bond donors (Lipinski definition) is 7. The molecule has 0 radical (unpaired) electrons. The number of esters is 2. The molecule has 4 rings (SSSR count). The highest BCUT2D eigenvalue weighted by atomic mass is 16.6. The summed E-state index contributed by atoms with van der Waals surface area (Å²) in [6, 6.07) is 2.74. The number of carbonyl (C=O) groups excluding carboxylic acids is 4. The Kier molecular flexibility index (Phi) is 11.2. The van der Waals surface area contributed by atoms with Crippen molar-refractivity contribution in [3.05, 3.63) is 35.1 Å². The van der Waals surface area contributed by atoms with Crippen molar-refractivity contribution in [1.82, 2.24) is 15.5 Å². The van der Waals surface area contributed by atoms with E-state index in [1.165, 1.54) is 6.07 Å². The molecule has 49 heavy (non-hydrogen) atoms. The van der Waals surface area contributed by atoms with Crippen LogP contribution in [0.2, 0.25) is 0 Å². The quantitative estimate of drug-likeness (QED) is 0.118. The van der Waals surface area contributed by atoms with Gasteiger partial charge in [0.15, 0.2) is 29.8 Å². The van der Waals surface area contributed by atoms with Crippen molar-refractivity contribution in [2.24, 2.45) is 0 Å². The molecule has 4 unspecified atom stereocenters. The van der Waals surface area contributed by atoms with E-state index in [0.717, 1.165) is 5.56 Å². The van der Waals surface area contributed by atoms with Crippen molar-refractivity contribution >= 4 is 35.7 Å². The number of nitrogens with zero attached hydrogens (tertiary/aromatic N) is 1. The Morgan fingerprint density at radius 1 is 0.980 bits per heavy atom. The van der Waals surface area contributed by atoms with Crippen LogP contribution in [0.3, 0.4) is 0 Å². The maximum Gasteiger partial charge on any atom is 0.333 e. The second kappa shape index (κ2) is 14.8. The number of likely N-dealkylation sites (tertiary alicyclic amines) is 1. The Balaban J connectivity index is 1.59. The largest absolute Gasteiger partial charge is 0.504 e. The summed E-state index contributed by atoms with van der Waals surface area (Å²) in [4.78, 5) is 74.1. The Bertz CT molecular complexity index is 1540. The highest BCUT2D eigenvalue weighted by Crippen LogP contribution is 2.63. The topological polar surface area (TPSA) is 259 Å². The number of carboxylic acids is 2. The van der Waals surface area contributed by atoms with Gasteiger partial charge in [-0.1, -0.05) is 6.07 Å². The highest BCUT2D eigenvalue weighted by Gasteiger charge is 2.71. The average Bonchev–Trinajstić information content (AvgIpc) is 3.39. The van der Waals surface area contributed by atoms with Gasteiger partial charge in [0.05, 0.1) is 31.1 Å². The number of aromatic hydroxyl groups is 1. The van der Waals surface area contributed by atoms with E-state index in [-0.39, 0.29) is 49.6 Å². The van der Waals surface area contributed by atoms with Gasteiger partial charge in [-0.3, -0.25) is 24.1 Å². The van der Waals surface area contributed by atoms with E-state index >= 15 is 0 Å². The van der Waals surface area contributed by atoms with Gasteiger partial charge in [0.25, 0.3) is 0 Å². The van der Waals surface area contributed by atoms with E-state index in [1.807, 2.05) is 25.8 Å². The number of phenols is 1. The molecule has 0 aromatic heterocycles. The summed E-state index contributed by atoms with van der Waals surface area (Å²) in [6.07, 6.45) is -4.80. The molecule has 17 nitrogen and oxygen atoms in total. The maximum absolute atomic E-state index is 13.5. The Labute approximate surface area is 280 Å². The molecule has 0 saturated carbocycles. The fraction of sp³-hybridized carbons (Fsp3) is 0.562. The van der Waals surface area contributed by atoms with Gasteiger partial charge in [-0.15, -0.1) is 0 Å². The number of rotatable bonds is 14. The van der Waals surface area contributed by atoms with Crippen LogP contribution in [0.1, 0.15) is 56.6 Å². The molecular weight excluding hydrogens is 650 g/mol. The van der Waals surface area contributed by atoms with Gasteiger partial charge in [-0.25, -0.2) is 9.59 Å². The third kappa shape index (κ3) is 7.33. The van der Waals surface area contributed by atoms with Gasteiger partial charge >= 0.3 is 23.9 Å². The molecule has 1 aliphatic carbocycles. The zero-order valence-electron chi connectivity index (χ0n) is 27.3. The van der Waals surface area contributed by atoms with Crippen LogP contribution in [-0.2, 0) is 43.7 Å². The number of phenolic OH excluding ortho intramolecular Hbond substituents is 1. The summed E-state index contributed by atoms with van der Waals surface area (Å²) in [7, 11) is 1.87. The fourth-order valence-electron chi connectivity index (χ4n) is 6.91. The van der Waals surface area contributed by atoms with Crippen LogP contribution in [0.15, 0.2) is 24.0 Å². The predicted octanol–water partition coefficient (Wildman–Crippen LogP) is -0.780. The zero-order chi connectivity index (χ0) is 36.3. The molecule has 0 bridgehead atoms. The number of aryl methyl sites for hydroxylation is 1. The van der Waals surface area contributed by atoms with Crippen LogP contribution in [0.25, 0.3) is 0 Å². The molecule has 1 fully saturated rings. The van der Waals surface area contributed by atoms with Gasteiger partial charge < -0.3 is 50.4 Å². The third-order valence-electron chi connectivity index (χ3n) is 9.45. The number of likely N-dealkylation sites (N-methyl/N-ethyl adjacent to an activating group) is 1. The summed E-state index contributed by atoms with van der Waals surface area (Å²) in [5.74, 6) is -6.00. The van der Waals surface area contributed by atoms with Crippen LogP contribution < -0.4 is 15.4 Å². The SMILES string of the molecule is Cc1ccc(O)c2c1C13CCN(C)C(C)C1(OC(=O)CCNC(=O)C[C@H](O)C(=O)O)CC=C(OC(=O)CCNC(=O)C[C@H](O)C(=O)O)C3O2. The lowest BCUT2D eigenvalue weighted by Crippen LogP contribution is -2.73. The lowest BCUT2D eigenvalue weighted by Gasteiger charge is -2.59. The molecular formula is C32H41N3O14. The molecule has 2 heterocycles. The number of aliphatic carboxylic acids is 2. The van der Waals surface area contributed by atoms with Gasteiger partial charge in [-0.05, 0) is 51.6 Å². The smallest absolute Gasteiger partial charge is 0.333 e. The Morgan fingerprint density at radius 2 is 1.55 bits per heavy atom. The predicted molar refractivity (Wildman–Crippen MR) is 165 cm³/mol. The van der Waals surface area contributed by atoms with E-state index in [1.54, 1.807) is 12.1 Å². The number of aliphatic hydroxyl groups excluding tert-OH is 2. The highest BCUT2D eigenvalue weighted by molar-refractivity contribution is 5.84. The monoisotopic (exact) mass is 691 g/mol. The Morgan fingerprint density at radius 3 is 2.12 bits per heavy atom. The molecule has 1 saturated heterocycles. The summed E-state index contributed by atoms with van der Waals surface area (Å²) >= 11 is 0. The first kappa shape index (κ1) is 37.1. The molecule has 2 aliphatic heterocycles. The molecule has 268 valence electrons. The third-order valence-corrected chi connectivity index (χ3v) is 9.45. The van der Waals surface area contributed by atoms with Crippen molar-refractivity contribution < 1.29 is 68.5 Å². The molecule has 2 amide bonds. The summed E-state index contributed by atoms with van der Waals surface area (Å²) < 4.78 is 18.5. The molecule has 7 N–H and O–H groups in total. The van der Waals surface area contributed by atoms with Gasteiger partial charge in [0.1, 0.15) is 11.4 Å². The lowest BCUT2D eigenvalue weighted by atomic mass is 9.54. The van der Waals surface area contributed by atoms with Crippen molar-refractivity contribution in [2.45, 2.75) is 87.7 Å². The average molecular weight is 692 g/mol. The van der Waals surface area contributed by atoms with E-state index < -0.39 is 83.9 Å². The second-order valence-corrected chi connectivity index (χ2v) is 12.4. The van der Waals surface area contributed by atoms with Crippen molar-refractivity contribution in [2.75, 3.05) is 26.7 Å². The summed E-state index contributed by atoms with van der Waals surface area (Å²) in [5, 5.41) is 52.1. The molecule has 1 aromatic rings. The summed E-state index contributed by atoms with van der Waals surface area (Å²) in [5.41, 5.74) is -1.17. The van der Waals surface area contributed by atoms with Crippen LogP contribution in [0, 0.1) is 6.92 Å². The van der Waals surface area contributed by atoms with E-state index in [9.17, 15) is 44.1 Å². The normalized spacial score (nSPS) is 25.2. The number of nitrogens with one attached hydrogen (secondary N) is 2. The number of piperidine rings is 1. The van der Waals surface area contributed by atoms with Crippen molar-refractivity contribution in [3.8, 4) is 11.5 Å². The number of aliphatic hydroxyl groups is 2. The van der Waals surface area contributed by atoms with Crippen LogP contribution >= 0.6 is 0 Å². The first-order valence-electron chi connectivity index (χ1n) is 15.7. The number of carbonyl (C=O) groups is 6. The zero-order valence-corrected chi connectivity index (χ0v) is 27.3. The Hall–Kier alpha value is -4.74. The first-order valence-corrected chi connectivity index (χ1v) is 15.7. The number of benzene rings is 1. The van der Waals surface area contributed by atoms with Crippen LogP contribution in [0.4, 0.5) is 0 Å². The molecule has 17 heteroatoms. The number of amides is 2. The van der Waals surface area contributed by atoms with E-state index in [4.69, 9.17) is 24.4 Å². The minimum atomic E-state index is -1.89. The molecule has 1 spiro atoms. The lowest BCUT2D eigenvalue weighted by molar-refractivity contribution is -0.201. The van der Waals surface area contributed by atoms with E-state index in [0.29, 0.717) is 18.5 Å². The molecule has 3 aliphatic rings. The molecule has 6 atom stereocenters. The molecule has 1 aromatic carbocycles. The minimum absolute atomic E-state index is 0.0578. The van der Waals surface area contributed by atoms with Gasteiger partial charge in [0, 0.05) is 31.1 Å². The standard InChI is InChI=1S/C32H41N3O14/c1-16-4-5-18(36)27-26(16)31-10-13-35(3)17(2)32(31,49-25(42)8-12-34-23(40)15-20(38)30(45)46)9-6-21(28(31)48-27)47-24(41)7-11-33-22(39)14-19(37)29(43)44/h4-6,17,19-20,28,36-38H,7-15H2,1-3H3,(H,33,39)(H,34,40)(H,43,44)(H,45,46)/t17?,19-,20-,28?,31?,32?/m0/s1. The van der Waals surface area contributed by atoms with Gasteiger partial charge in [0.2, 0.25) is 11.8 Å².